The van der Waals surface area contributed by atoms with E-state index in [1.807, 2.05) is 0 Å². The Morgan fingerprint density at radius 2 is 1.71 bits per heavy atom. The summed E-state index contributed by atoms with van der Waals surface area (Å²) < 4.78 is 36.2. The molecule has 0 unspecified atom stereocenters. The van der Waals surface area contributed by atoms with Crippen molar-refractivity contribution in [1.29, 1.82) is 0 Å². The smallest absolute Gasteiger partial charge is 0.262 e. The summed E-state index contributed by atoms with van der Waals surface area (Å²) in [7, 11) is 0.595. The molecule has 8 nitrogen and oxygen atoms in total. The van der Waals surface area contributed by atoms with Crippen molar-refractivity contribution >= 4 is 27.4 Å². The first kappa shape index (κ1) is 21.4. The lowest BCUT2D eigenvalue weighted by Crippen LogP contribution is -2.23. The molecular weight excluding hydrogens is 384 g/mol. The molecule has 150 valence electrons. The van der Waals surface area contributed by atoms with Gasteiger partial charge < -0.3 is 14.8 Å². The van der Waals surface area contributed by atoms with Crippen molar-refractivity contribution in [2.45, 2.75) is 11.8 Å². The fourth-order valence-electron chi connectivity index (χ4n) is 2.28. The van der Waals surface area contributed by atoms with E-state index in [9.17, 15) is 18.0 Å². The second-order valence-corrected chi connectivity index (χ2v) is 8.22. The van der Waals surface area contributed by atoms with Crippen LogP contribution in [0.4, 0.5) is 5.69 Å². The molecule has 0 saturated heterocycles. The predicted molar refractivity (Wildman–Crippen MR) is 104 cm³/mol. The molecule has 0 radical (unpaired) electrons. The molecule has 1 amide bonds. The van der Waals surface area contributed by atoms with E-state index in [1.165, 1.54) is 46.3 Å². The van der Waals surface area contributed by atoms with E-state index in [1.54, 1.807) is 24.3 Å². The Bertz CT molecular complexity index is 968. The largest absolute Gasteiger partial charge is 0.495 e. The highest BCUT2D eigenvalue weighted by molar-refractivity contribution is 7.89. The summed E-state index contributed by atoms with van der Waals surface area (Å²) in [6.45, 7) is 1.16. The van der Waals surface area contributed by atoms with Gasteiger partial charge in [0.15, 0.2) is 12.4 Å². The van der Waals surface area contributed by atoms with E-state index in [4.69, 9.17) is 9.47 Å². The summed E-state index contributed by atoms with van der Waals surface area (Å²) in [6, 6.07) is 10.6. The summed E-state index contributed by atoms with van der Waals surface area (Å²) in [5.41, 5.74) is 0.756. The van der Waals surface area contributed by atoms with Gasteiger partial charge in [-0.3, -0.25) is 9.59 Å². The molecule has 9 heteroatoms. The number of carbonyl (C=O) groups is 2. The van der Waals surface area contributed by atoms with Crippen molar-refractivity contribution in [2.24, 2.45) is 0 Å². The van der Waals surface area contributed by atoms with Gasteiger partial charge in [-0.05, 0) is 49.4 Å². The fraction of sp³-hybridized carbons (Fsp3) is 0.263. The Morgan fingerprint density at radius 3 is 2.25 bits per heavy atom. The first-order chi connectivity index (χ1) is 13.1. The molecule has 0 aromatic heterocycles. The van der Waals surface area contributed by atoms with Crippen LogP contribution in [0.1, 0.15) is 17.3 Å². The summed E-state index contributed by atoms with van der Waals surface area (Å²) >= 11 is 0. The maximum atomic E-state index is 12.3. The van der Waals surface area contributed by atoms with E-state index in [0.29, 0.717) is 17.1 Å². The van der Waals surface area contributed by atoms with Crippen LogP contribution in [0.3, 0.4) is 0 Å². The highest BCUT2D eigenvalue weighted by Crippen LogP contribution is 2.28. The van der Waals surface area contributed by atoms with Gasteiger partial charge in [-0.25, -0.2) is 12.7 Å². The third-order valence-corrected chi connectivity index (χ3v) is 5.67. The lowest BCUT2D eigenvalue weighted by Gasteiger charge is -2.15. The van der Waals surface area contributed by atoms with Crippen LogP contribution >= 0.6 is 0 Å². The van der Waals surface area contributed by atoms with Gasteiger partial charge in [0, 0.05) is 19.7 Å². The third kappa shape index (κ3) is 5.08. The Kier molecular flexibility index (Phi) is 6.76. The number of ether oxygens (including phenoxy) is 2. The van der Waals surface area contributed by atoms with Gasteiger partial charge in [-0.15, -0.1) is 0 Å². The van der Waals surface area contributed by atoms with Gasteiger partial charge in [0.25, 0.3) is 5.91 Å². The number of benzene rings is 2. The summed E-state index contributed by atoms with van der Waals surface area (Å²) in [4.78, 5) is 23.5. The monoisotopic (exact) mass is 406 g/mol. The van der Waals surface area contributed by atoms with Crippen molar-refractivity contribution in [2.75, 3.05) is 33.1 Å². The maximum absolute atomic E-state index is 12.3. The van der Waals surface area contributed by atoms with Crippen molar-refractivity contribution in [3.05, 3.63) is 48.0 Å². The Balaban J connectivity index is 2.11. The van der Waals surface area contributed by atoms with Crippen LogP contribution in [0.5, 0.6) is 11.5 Å². The molecule has 0 atom stereocenters. The zero-order valence-corrected chi connectivity index (χ0v) is 16.9. The highest BCUT2D eigenvalue weighted by Gasteiger charge is 2.20. The quantitative estimate of drug-likeness (QED) is 0.674. The number of methoxy groups -OCH3 is 1. The lowest BCUT2D eigenvalue weighted by atomic mass is 10.1. The minimum Gasteiger partial charge on any atom is -0.495 e. The normalized spacial score (nSPS) is 11.2. The minimum absolute atomic E-state index is 0.0225. The molecule has 2 aromatic rings. The number of rotatable bonds is 8. The first-order valence-corrected chi connectivity index (χ1v) is 9.73. The van der Waals surface area contributed by atoms with E-state index in [2.05, 4.69) is 5.32 Å². The van der Waals surface area contributed by atoms with E-state index in [-0.39, 0.29) is 23.0 Å². The van der Waals surface area contributed by atoms with Gasteiger partial charge in [-0.1, -0.05) is 0 Å². The molecule has 0 aliphatic heterocycles. The molecule has 1 N–H and O–H groups in total. The number of anilines is 1. The topological polar surface area (TPSA) is 102 Å². The molecule has 0 bridgehead atoms. The number of amides is 1. The molecule has 2 aromatic carbocycles. The van der Waals surface area contributed by atoms with Crippen LogP contribution in [0.25, 0.3) is 0 Å². The van der Waals surface area contributed by atoms with Gasteiger partial charge in [-0.2, -0.15) is 0 Å². The average molecular weight is 406 g/mol. The molecule has 28 heavy (non-hydrogen) atoms. The van der Waals surface area contributed by atoms with Crippen LogP contribution < -0.4 is 14.8 Å². The standard InChI is InChI=1S/C19H22N2O6S/c1-13(22)14-5-7-15(8-6-14)27-12-19(23)20-17-11-16(9-10-18(17)26-4)28(24,25)21(2)3/h5-11H,12H2,1-4H3,(H,20,23). The highest BCUT2D eigenvalue weighted by atomic mass is 32.2. The van der Waals surface area contributed by atoms with E-state index >= 15 is 0 Å². The minimum atomic E-state index is -3.66. The second kappa shape index (κ2) is 8.85. The Hall–Kier alpha value is -2.91. The molecule has 2 rings (SSSR count). The number of sulfonamides is 1. The second-order valence-electron chi connectivity index (χ2n) is 6.07. The number of ketones is 1. The van der Waals surface area contributed by atoms with Gasteiger partial charge in [0.05, 0.1) is 17.7 Å². The molecule has 0 aliphatic rings. The van der Waals surface area contributed by atoms with Crippen molar-refractivity contribution in [3.8, 4) is 11.5 Å². The molecule has 0 spiro atoms. The first-order valence-electron chi connectivity index (χ1n) is 8.29. The van der Waals surface area contributed by atoms with Crippen molar-refractivity contribution in [1.82, 2.24) is 4.31 Å². The zero-order chi connectivity index (χ0) is 20.9. The fourth-order valence-corrected chi connectivity index (χ4v) is 3.21. The van der Waals surface area contributed by atoms with Crippen molar-refractivity contribution in [3.63, 3.8) is 0 Å². The van der Waals surface area contributed by atoms with Crippen LogP contribution in [-0.4, -0.2) is 52.2 Å². The average Bonchev–Trinajstić information content (AvgIpc) is 2.66. The van der Waals surface area contributed by atoms with Crippen LogP contribution in [0, 0.1) is 0 Å². The van der Waals surface area contributed by atoms with E-state index < -0.39 is 15.9 Å². The number of hydrogen-bond donors (Lipinski definition) is 1. The molecule has 0 saturated carbocycles. The summed E-state index contributed by atoms with van der Waals surface area (Å²) in [6.07, 6.45) is 0. The summed E-state index contributed by atoms with van der Waals surface area (Å²) in [5.74, 6) is 0.185. The molecule has 0 heterocycles. The van der Waals surface area contributed by atoms with Crippen molar-refractivity contribution < 1.29 is 27.5 Å². The maximum Gasteiger partial charge on any atom is 0.262 e. The van der Waals surface area contributed by atoms with Crippen LogP contribution in [0.2, 0.25) is 0 Å². The number of carbonyl (C=O) groups excluding carboxylic acids is 2. The Labute approximate surface area is 164 Å². The van der Waals surface area contributed by atoms with Crippen LogP contribution in [-0.2, 0) is 14.8 Å². The number of nitrogens with one attached hydrogen (secondary N) is 1. The van der Waals surface area contributed by atoms with Gasteiger partial charge in [0.2, 0.25) is 10.0 Å². The zero-order valence-electron chi connectivity index (χ0n) is 16.1. The lowest BCUT2D eigenvalue weighted by molar-refractivity contribution is -0.118. The molecule has 0 fully saturated rings. The van der Waals surface area contributed by atoms with Gasteiger partial charge >= 0.3 is 0 Å². The third-order valence-electron chi connectivity index (χ3n) is 3.85. The predicted octanol–water partition coefficient (Wildman–Crippen LogP) is 2.17. The van der Waals surface area contributed by atoms with Gasteiger partial charge in [0.1, 0.15) is 11.5 Å². The number of nitrogens with zero attached hydrogens (tertiary/aromatic N) is 1. The summed E-state index contributed by atoms with van der Waals surface area (Å²) in [5, 5.41) is 2.59. The number of hydrogen-bond acceptors (Lipinski definition) is 6. The molecular formula is C19H22N2O6S. The molecule has 0 aliphatic carbocycles. The van der Waals surface area contributed by atoms with Crippen LogP contribution in [0.15, 0.2) is 47.4 Å². The van der Waals surface area contributed by atoms with E-state index in [0.717, 1.165) is 4.31 Å². The Morgan fingerprint density at radius 1 is 1.07 bits per heavy atom. The SMILES string of the molecule is COc1ccc(S(=O)(=O)N(C)C)cc1NC(=O)COc1ccc(C(C)=O)cc1. The number of Topliss-reactive ketones (excluding diaryl/α,β-unsaturated/α-hetero) is 1.